The molecule has 0 amide bonds. The van der Waals surface area contributed by atoms with Crippen molar-refractivity contribution in [2.45, 2.75) is 63.5 Å². The summed E-state index contributed by atoms with van der Waals surface area (Å²) >= 11 is 0. The average Bonchev–Trinajstić information content (AvgIpc) is 2.56. The van der Waals surface area contributed by atoms with E-state index in [0.717, 1.165) is 25.3 Å². The van der Waals surface area contributed by atoms with Crippen LogP contribution in [-0.2, 0) is 0 Å². The van der Waals surface area contributed by atoms with E-state index in [2.05, 4.69) is 24.2 Å². The molecule has 1 atom stereocenters. The van der Waals surface area contributed by atoms with Crippen molar-refractivity contribution in [2.24, 2.45) is 5.92 Å². The molecule has 2 rings (SSSR count). The molecule has 0 spiro atoms. The monoisotopic (exact) mass is 254 g/mol. The van der Waals surface area contributed by atoms with Crippen LogP contribution < -0.4 is 5.32 Å². The second-order valence-electron chi connectivity index (χ2n) is 6.72. The highest BCUT2D eigenvalue weighted by Gasteiger charge is 2.32. The SMILES string of the molecule is CC1CCC(O)(CNC2CCCN(C)CC2)CC1. The molecule has 1 aliphatic heterocycles. The second kappa shape index (κ2) is 6.36. The number of likely N-dealkylation sites (tertiary alicyclic amines) is 1. The first kappa shape index (κ1) is 14.3. The van der Waals surface area contributed by atoms with Crippen LogP contribution in [0.5, 0.6) is 0 Å². The second-order valence-corrected chi connectivity index (χ2v) is 6.72. The minimum Gasteiger partial charge on any atom is -0.389 e. The normalized spacial score (nSPS) is 39.5. The summed E-state index contributed by atoms with van der Waals surface area (Å²) in [5, 5.41) is 14.2. The molecule has 1 saturated heterocycles. The third-order valence-corrected chi connectivity index (χ3v) is 4.88. The molecule has 2 N–H and O–H groups in total. The first-order valence-corrected chi connectivity index (χ1v) is 7.72. The van der Waals surface area contributed by atoms with Crippen LogP contribution in [0.2, 0.25) is 0 Å². The summed E-state index contributed by atoms with van der Waals surface area (Å²) in [6, 6.07) is 0.610. The van der Waals surface area contributed by atoms with E-state index in [4.69, 9.17) is 0 Å². The molecule has 1 unspecified atom stereocenters. The molecule has 2 aliphatic rings. The zero-order valence-electron chi connectivity index (χ0n) is 12.1. The Morgan fingerprint density at radius 3 is 2.61 bits per heavy atom. The zero-order chi connectivity index (χ0) is 13.0. The Morgan fingerprint density at radius 1 is 1.17 bits per heavy atom. The van der Waals surface area contributed by atoms with Gasteiger partial charge in [0.1, 0.15) is 0 Å². The fourth-order valence-corrected chi connectivity index (χ4v) is 3.25. The number of hydrogen-bond acceptors (Lipinski definition) is 3. The van der Waals surface area contributed by atoms with Crippen LogP contribution in [0.25, 0.3) is 0 Å². The summed E-state index contributed by atoms with van der Waals surface area (Å²) in [5.41, 5.74) is -0.426. The molecule has 0 aromatic rings. The van der Waals surface area contributed by atoms with Crippen molar-refractivity contribution in [3.63, 3.8) is 0 Å². The number of aliphatic hydroxyl groups is 1. The van der Waals surface area contributed by atoms with Crippen molar-refractivity contribution in [3.05, 3.63) is 0 Å². The lowest BCUT2D eigenvalue weighted by molar-refractivity contribution is -0.00846. The first-order chi connectivity index (χ1) is 8.57. The van der Waals surface area contributed by atoms with Gasteiger partial charge in [0, 0.05) is 12.6 Å². The lowest BCUT2D eigenvalue weighted by Crippen LogP contribution is -2.46. The molecule has 2 fully saturated rings. The number of nitrogens with one attached hydrogen (secondary N) is 1. The Labute approximate surface area is 112 Å². The van der Waals surface area contributed by atoms with E-state index in [1.165, 1.54) is 45.2 Å². The van der Waals surface area contributed by atoms with Crippen LogP contribution in [0.4, 0.5) is 0 Å². The topological polar surface area (TPSA) is 35.5 Å². The van der Waals surface area contributed by atoms with Gasteiger partial charge >= 0.3 is 0 Å². The van der Waals surface area contributed by atoms with Crippen molar-refractivity contribution in [1.82, 2.24) is 10.2 Å². The first-order valence-electron chi connectivity index (χ1n) is 7.72. The molecule has 106 valence electrons. The number of nitrogens with zero attached hydrogens (tertiary/aromatic N) is 1. The Kier molecular flexibility index (Phi) is 5.05. The fourth-order valence-electron chi connectivity index (χ4n) is 3.25. The van der Waals surface area contributed by atoms with E-state index in [-0.39, 0.29) is 0 Å². The molecule has 18 heavy (non-hydrogen) atoms. The zero-order valence-corrected chi connectivity index (χ0v) is 12.1. The van der Waals surface area contributed by atoms with E-state index >= 15 is 0 Å². The number of hydrogen-bond donors (Lipinski definition) is 2. The van der Waals surface area contributed by atoms with Crippen molar-refractivity contribution in [1.29, 1.82) is 0 Å². The van der Waals surface area contributed by atoms with E-state index in [0.29, 0.717) is 6.04 Å². The van der Waals surface area contributed by atoms with Crippen molar-refractivity contribution >= 4 is 0 Å². The Morgan fingerprint density at radius 2 is 1.89 bits per heavy atom. The largest absolute Gasteiger partial charge is 0.389 e. The molecular weight excluding hydrogens is 224 g/mol. The molecule has 0 aromatic heterocycles. The van der Waals surface area contributed by atoms with Gasteiger partial charge < -0.3 is 15.3 Å². The van der Waals surface area contributed by atoms with Crippen molar-refractivity contribution in [3.8, 4) is 0 Å². The van der Waals surface area contributed by atoms with Gasteiger partial charge in [0.2, 0.25) is 0 Å². The molecule has 1 saturated carbocycles. The molecule has 1 aliphatic carbocycles. The molecule has 3 nitrogen and oxygen atoms in total. The highest BCUT2D eigenvalue weighted by Crippen LogP contribution is 2.31. The van der Waals surface area contributed by atoms with E-state index in [9.17, 15) is 5.11 Å². The molecule has 0 bridgehead atoms. The fraction of sp³-hybridized carbons (Fsp3) is 1.00. The smallest absolute Gasteiger partial charge is 0.0771 e. The highest BCUT2D eigenvalue weighted by atomic mass is 16.3. The van der Waals surface area contributed by atoms with Gasteiger partial charge in [-0.25, -0.2) is 0 Å². The predicted molar refractivity (Wildman–Crippen MR) is 75.7 cm³/mol. The van der Waals surface area contributed by atoms with Gasteiger partial charge in [-0.3, -0.25) is 0 Å². The molecular formula is C15H30N2O. The summed E-state index contributed by atoms with van der Waals surface area (Å²) in [6.07, 6.45) is 8.10. The molecule has 0 radical (unpaired) electrons. The Hall–Kier alpha value is -0.120. The minimum absolute atomic E-state index is 0.426. The van der Waals surface area contributed by atoms with Gasteiger partial charge in [-0.05, 0) is 71.0 Å². The maximum atomic E-state index is 10.6. The van der Waals surface area contributed by atoms with Gasteiger partial charge in [-0.2, -0.15) is 0 Å². The summed E-state index contributed by atoms with van der Waals surface area (Å²) in [4.78, 5) is 2.42. The highest BCUT2D eigenvalue weighted by molar-refractivity contribution is 4.88. The van der Waals surface area contributed by atoms with Gasteiger partial charge in [0.15, 0.2) is 0 Å². The van der Waals surface area contributed by atoms with Gasteiger partial charge in [0.25, 0.3) is 0 Å². The predicted octanol–water partition coefficient (Wildman–Crippen LogP) is 2.00. The van der Waals surface area contributed by atoms with Crippen LogP contribution in [0.3, 0.4) is 0 Å². The summed E-state index contributed by atoms with van der Waals surface area (Å²) in [5.74, 6) is 0.803. The van der Waals surface area contributed by atoms with Crippen molar-refractivity contribution < 1.29 is 5.11 Å². The van der Waals surface area contributed by atoms with Crippen LogP contribution in [0.1, 0.15) is 51.9 Å². The maximum absolute atomic E-state index is 10.6. The molecule has 1 heterocycles. The van der Waals surface area contributed by atoms with E-state index < -0.39 is 5.60 Å². The van der Waals surface area contributed by atoms with Crippen LogP contribution in [0.15, 0.2) is 0 Å². The molecule has 3 heteroatoms. The minimum atomic E-state index is -0.426. The number of rotatable bonds is 3. The van der Waals surface area contributed by atoms with Crippen LogP contribution >= 0.6 is 0 Å². The Bertz CT molecular complexity index is 249. The van der Waals surface area contributed by atoms with E-state index in [1.807, 2.05) is 0 Å². The summed E-state index contributed by atoms with van der Waals surface area (Å²) in [7, 11) is 2.21. The van der Waals surface area contributed by atoms with Crippen molar-refractivity contribution in [2.75, 3.05) is 26.7 Å². The van der Waals surface area contributed by atoms with Gasteiger partial charge in [-0.1, -0.05) is 6.92 Å². The quantitative estimate of drug-likeness (QED) is 0.808. The van der Waals surface area contributed by atoms with Crippen LogP contribution in [-0.4, -0.2) is 48.3 Å². The average molecular weight is 254 g/mol. The molecule has 0 aromatic carbocycles. The lowest BCUT2D eigenvalue weighted by Gasteiger charge is -2.36. The Balaban J connectivity index is 1.73. The van der Waals surface area contributed by atoms with Gasteiger partial charge in [0.05, 0.1) is 5.60 Å². The standard InChI is InChI=1S/C15H30N2O/c1-13-5-8-15(18,9-6-13)12-16-14-4-3-10-17(2)11-7-14/h13-14,16,18H,3-12H2,1-2H3. The third-order valence-electron chi connectivity index (χ3n) is 4.88. The van der Waals surface area contributed by atoms with Gasteiger partial charge in [-0.15, -0.1) is 0 Å². The third kappa shape index (κ3) is 4.22. The summed E-state index contributed by atoms with van der Waals surface area (Å²) < 4.78 is 0. The maximum Gasteiger partial charge on any atom is 0.0771 e. The van der Waals surface area contributed by atoms with Crippen LogP contribution in [0, 0.1) is 5.92 Å². The summed E-state index contributed by atoms with van der Waals surface area (Å²) in [6.45, 7) is 5.51. The lowest BCUT2D eigenvalue weighted by atomic mass is 9.79. The van der Waals surface area contributed by atoms with E-state index in [1.54, 1.807) is 0 Å².